The van der Waals surface area contributed by atoms with Crippen LogP contribution in [-0.2, 0) is 9.59 Å². The van der Waals surface area contributed by atoms with Gasteiger partial charge in [-0.2, -0.15) is 0 Å². The molecule has 0 bridgehead atoms. The molecule has 0 saturated carbocycles. The summed E-state index contributed by atoms with van der Waals surface area (Å²) in [5.41, 5.74) is 1.49. The van der Waals surface area contributed by atoms with Crippen LogP contribution in [0.3, 0.4) is 0 Å². The van der Waals surface area contributed by atoms with Crippen molar-refractivity contribution in [2.75, 3.05) is 32.0 Å². The summed E-state index contributed by atoms with van der Waals surface area (Å²) in [4.78, 5) is 28.1. The van der Waals surface area contributed by atoms with Crippen molar-refractivity contribution in [1.29, 1.82) is 0 Å². The van der Waals surface area contributed by atoms with Crippen molar-refractivity contribution in [3.05, 3.63) is 29.8 Å². The average Bonchev–Trinajstić information content (AvgIpc) is 2.89. The molecule has 1 aromatic rings. The number of carbonyl (C=O) groups is 2. The van der Waals surface area contributed by atoms with Crippen LogP contribution in [0.1, 0.15) is 38.2 Å². The summed E-state index contributed by atoms with van der Waals surface area (Å²) < 4.78 is 0. The quantitative estimate of drug-likeness (QED) is 0.849. The first-order valence-electron chi connectivity index (χ1n) is 9.42. The fourth-order valence-corrected chi connectivity index (χ4v) is 3.78. The van der Waals surface area contributed by atoms with Crippen LogP contribution in [0, 0.1) is 17.8 Å². The van der Waals surface area contributed by atoms with Gasteiger partial charge in [-0.05, 0) is 44.5 Å². The summed E-state index contributed by atoms with van der Waals surface area (Å²) in [6.07, 6.45) is 4.55. The molecule has 0 spiro atoms. The number of hydrogen-bond acceptors (Lipinski definition) is 3. The topological polar surface area (TPSA) is 52.7 Å². The number of rotatable bonds is 3. The zero-order valence-corrected chi connectivity index (χ0v) is 15.6. The smallest absolute Gasteiger partial charge is 0.227 e. The van der Waals surface area contributed by atoms with Gasteiger partial charge in [0.25, 0.3) is 0 Å². The van der Waals surface area contributed by atoms with Crippen LogP contribution in [0.4, 0.5) is 5.69 Å². The van der Waals surface area contributed by atoms with Gasteiger partial charge in [0.15, 0.2) is 0 Å². The summed E-state index contributed by atoms with van der Waals surface area (Å²) in [6.45, 7) is 4.55. The van der Waals surface area contributed by atoms with E-state index in [4.69, 9.17) is 0 Å². The Hall–Kier alpha value is -2.32. The Morgan fingerprint density at radius 2 is 1.96 bits per heavy atom. The van der Waals surface area contributed by atoms with Gasteiger partial charge in [-0.3, -0.25) is 9.59 Å². The van der Waals surface area contributed by atoms with Crippen LogP contribution < -0.4 is 5.32 Å². The van der Waals surface area contributed by atoms with Crippen molar-refractivity contribution >= 4 is 17.5 Å². The Balaban J connectivity index is 1.68. The van der Waals surface area contributed by atoms with E-state index >= 15 is 0 Å². The first-order valence-corrected chi connectivity index (χ1v) is 9.42. The van der Waals surface area contributed by atoms with Crippen LogP contribution >= 0.6 is 0 Å². The zero-order chi connectivity index (χ0) is 18.5. The second-order valence-corrected chi connectivity index (χ2v) is 7.25. The van der Waals surface area contributed by atoms with E-state index in [1.54, 1.807) is 4.90 Å². The third kappa shape index (κ3) is 4.44. The van der Waals surface area contributed by atoms with Gasteiger partial charge in [-0.15, -0.1) is 0 Å². The molecule has 0 unspecified atom stereocenters. The van der Waals surface area contributed by atoms with Gasteiger partial charge in [0.2, 0.25) is 11.8 Å². The molecule has 2 atom stereocenters. The van der Waals surface area contributed by atoms with Crippen LogP contribution in [0.15, 0.2) is 24.3 Å². The lowest BCUT2D eigenvalue weighted by Crippen LogP contribution is -2.37. The van der Waals surface area contributed by atoms with Crippen molar-refractivity contribution in [3.8, 4) is 11.8 Å². The zero-order valence-electron chi connectivity index (χ0n) is 15.6. The van der Waals surface area contributed by atoms with E-state index in [1.807, 2.05) is 31.3 Å². The Morgan fingerprint density at radius 1 is 1.23 bits per heavy atom. The first-order chi connectivity index (χ1) is 12.5. The van der Waals surface area contributed by atoms with E-state index in [0.717, 1.165) is 31.6 Å². The van der Waals surface area contributed by atoms with E-state index in [-0.39, 0.29) is 23.8 Å². The van der Waals surface area contributed by atoms with E-state index < -0.39 is 0 Å². The maximum absolute atomic E-state index is 12.6. The average molecular weight is 353 g/mol. The molecule has 2 fully saturated rings. The van der Waals surface area contributed by atoms with E-state index in [0.29, 0.717) is 5.69 Å². The van der Waals surface area contributed by atoms with Gasteiger partial charge in [0.05, 0.1) is 17.6 Å². The Bertz CT molecular complexity index is 728. The maximum Gasteiger partial charge on any atom is 0.227 e. The van der Waals surface area contributed by atoms with Gasteiger partial charge in [0, 0.05) is 26.1 Å². The van der Waals surface area contributed by atoms with Gasteiger partial charge >= 0.3 is 0 Å². The van der Waals surface area contributed by atoms with Crippen molar-refractivity contribution in [1.82, 2.24) is 9.80 Å². The van der Waals surface area contributed by atoms with Crippen LogP contribution in [0.2, 0.25) is 0 Å². The lowest BCUT2D eigenvalue weighted by Gasteiger charge is -2.28. The number of nitrogens with one attached hydrogen (secondary N) is 1. The second kappa shape index (κ2) is 8.37. The lowest BCUT2D eigenvalue weighted by atomic mass is 10.0. The van der Waals surface area contributed by atoms with Gasteiger partial charge in [0.1, 0.15) is 0 Å². The predicted molar refractivity (Wildman–Crippen MR) is 103 cm³/mol. The van der Waals surface area contributed by atoms with Crippen LogP contribution in [-0.4, -0.2) is 54.3 Å². The number of carbonyl (C=O) groups excluding carboxylic acids is 2. The monoisotopic (exact) mass is 353 g/mol. The van der Waals surface area contributed by atoms with Crippen molar-refractivity contribution in [2.45, 2.75) is 38.6 Å². The summed E-state index contributed by atoms with van der Waals surface area (Å²) in [7, 11) is 1.84. The Kier molecular flexibility index (Phi) is 5.95. The maximum atomic E-state index is 12.6. The number of piperidine rings is 1. The highest BCUT2D eigenvalue weighted by molar-refractivity contribution is 5.90. The minimum Gasteiger partial charge on any atom is -0.332 e. The molecule has 2 amide bonds. The van der Waals surface area contributed by atoms with Crippen molar-refractivity contribution < 1.29 is 9.59 Å². The Labute approximate surface area is 155 Å². The Morgan fingerprint density at radius 3 is 2.69 bits per heavy atom. The number of benzene rings is 1. The summed E-state index contributed by atoms with van der Waals surface area (Å²) in [5.74, 6) is 6.53. The first kappa shape index (κ1) is 18.5. The van der Waals surface area contributed by atoms with Crippen LogP contribution in [0.25, 0.3) is 0 Å². The third-order valence-corrected chi connectivity index (χ3v) is 5.21. The van der Waals surface area contributed by atoms with Gasteiger partial charge in [-0.1, -0.05) is 30.4 Å². The number of likely N-dealkylation sites (tertiary alicyclic amines) is 2. The molecule has 1 aromatic carbocycles. The second-order valence-electron chi connectivity index (χ2n) is 7.25. The minimum absolute atomic E-state index is 0.0444. The number of amides is 2. The molecule has 0 radical (unpaired) electrons. The molecule has 138 valence electrons. The summed E-state index contributed by atoms with van der Waals surface area (Å²) in [6, 6.07) is 7.44. The van der Waals surface area contributed by atoms with E-state index in [1.165, 1.54) is 26.2 Å². The molecular formula is C21H27N3O2. The molecule has 1 N–H and O–H groups in total. The van der Waals surface area contributed by atoms with E-state index in [9.17, 15) is 9.59 Å². The molecule has 2 aliphatic rings. The fourth-order valence-electron chi connectivity index (χ4n) is 3.78. The van der Waals surface area contributed by atoms with Gasteiger partial charge < -0.3 is 15.1 Å². The normalized spacial score (nSPS) is 23.5. The lowest BCUT2D eigenvalue weighted by molar-refractivity contribution is -0.130. The SMILES string of the molecule is CC(=O)Nc1ccccc1C#C[C@H]1C[C@@H](CN2CCCCC2)C(=O)N1C. The van der Waals surface area contributed by atoms with Gasteiger partial charge in [-0.25, -0.2) is 0 Å². The molecule has 0 aliphatic carbocycles. The van der Waals surface area contributed by atoms with Crippen molar-refractivity contribution in [2.24, 2.45) is 5.92 Å². The fraction of sp³-hybridized carbons (Fsp3) is 0.524. The molecule has 3 rings (SSSR count). The molecule has 5 heteroatoms. The molecule has 0 aromatic heterocycles. The number of hydrogen-bond donors (Lipinski definition) is 1. The third-order valence-electron chi connectivity index (χ3n) is 5.21. The highest BCUT2D eigenvalue weighted by atomic mass is 16.2. The predicted octanol–water partition coefficient (Wildman–Crippen LogP) is 2.33. The largest absolute Gasteiger partial charge is 0.332 e. The molecule has 2 aliphatic heterocycles. The number of anilines is 1. The molecular weight excluding hydrogens is 326 g/mol. The number of para-hydroxylation sites is 1. The minimum atomic E-state index is -0.117. The molecule has 2 saturated heterocycles. The van der Waals surface area contributed by atoms with Crippen molar-refractivity contribution in [3.63, 3.8) is 0 Å². The standard InChI is InChI=1S/C21H27N3O2/c1-16(25)22-20-9-5-4-8-17(20)10-11-19-14-18(21(26)23(19)2)15-24-12-6-3-7-13-24/h4-5,8-9,18-19H,3,6-7,12-15H2,1-2H3,(H,22,25)/t18-,19-/m0/s1. The summed E-state index contributed by atoms with van der Waals surface area (Å²) in [5, 5.41) is 2.80. The van der Waals surface area contributed by atoms with E-state index in [2.05, 4.69) is 22.1 Å². The highest BCUT2D eigenvalue weighted by Gasteiger charge is 2.37. The summed E-state index contributed by atoms with van der Waals surface area (Å²) >= 11 is 0. The number of nitrogens with zero attached hydrogens (tertiary/aromatic N) is 2. The highest BCUT2D eigenvalue weighted by Crippen LogP contribution is 2.25. The van der Waals surface area contributed by atoms with Crippen LogP contribution in [0.5, 0.6) is 0 Å². The molecule has 26 heavy (non-hydrogen) atoms. The molecule has 2 heterocycles. The molecule has 5 nitrogen and oxygen atoms in total.